The lowest BCUT2D eigenvalue weighted by molar-refractivity contribution is -0.320. The molecule has 0 spiro atoms. The average Bonchev–Trinajstić information content (AvgIpc) is 3.03. The third-order valence-electron chi connectivity index (χ3n) is 7.60. The first-order valence-corrected chi connectivity index (χ1v) is 10.6. The molecular weight excluding hydrogens is 416 g/mol. The number of carbonyl (C=O) groups excluding carboxylic acids is 1. The molecular formula is C20H32O11. The summed E-state index contributed by atoms with van der Waals surface area (Å²) in [5.74, 6) is 0.155. The molecule has 0 radical (unpaired) electrons. The Morgan fingerprint density at radius 2 is 1.77 bits per heavy atom. The van der Waals surface area contributed by atoms with E-state index in [0.29, 0.717) is 12.3 Å². The molecule has 0 aromatic carbocycles. The van der Waals surface area contributed by atoms with Gasteiger partial charge in [0.05, 0.1) is 19.8 Å². The predicted octanol–water partition coefficient (Wildman–Crippen LogP) is -2.73. The van der Waals surface area contributed by atoms with E-state index in [-0.39, 0.29) is 30.3 Å². The third kappa shape index (κ3) is 3.84. The Bertz CT molecular complexity index is 686. The number of hydrogen-bond donors (Lipinski definition) is 6. The van der Waals surface area contributed by atoms with Crippen LogP contribution in [0.5, 0.6) is 0 Å². The van der Waals surface area contributed by atoms with E-state index in [4.69, 9.17) is 18.9 Å². The number of aliphatic hydroxyl groups is 6. The lowest BCUT2D eigenvalue weighted by Crippen LogP contribution is -2.63. The van der Waals surface area contributed by atoms with Crippen molar-refractivity contribution in [3.8, 4) is 0 Å². The minimum atomic E-state index is -1.87. The smallest absolute Gasteiger partial charge is 0.187 e. The SMILES string of the molecule is CC1(C)C2CC(OC3OC(COC4OCC(O)(CO)C4O)C(O)C(O)C3O)C(=O)C1C2. The molecule has 2 bridgehead atoms. The first-order valence-electron chi connectivity index (χ1n) is 10.6. The van der Waals surface area contributed by atoms with Crippen molar-refractivity contribution in [2.24, 2.45) is 17.3 Å². The van der Waals surface area contributed by atoms with E-state index in [2.05, 4.69) is 13.8 Å². The minimum absolute atomic E-state index is 0.0533. The van der Waals surface area contributed by atoms with Crippen LogP contribution in [0.4, 0.5) is 0 Å². The second-order valence-electron chi connectivity index (χ2n) is 9.80. The molecule has 6 N–H and O–H groups in total. The Labute approximate surface area is 179 Å². The second-order valence-corrected chi connectivity index (χ2v) is 9.80. The lowest BCUT2D eigenvalue weighted by atomic mass is 9.48. The number of hydrogen-bond acceptors (Lipinski definition) is 11. The van der Waals surface area contributed by atoms with Gasteiger partial charge in [0.15, 0.2) is 18.4 Å². The van der Waals surface area contributed by atoms with Crippen LogP contribution in [0.1, 0.15) is 26.7 Å². The number of carbonyl (C=O) groups is 1. The van der Waals surface area contributed by atoms with Crippen LogP contribution < -0.4 is 0 Å². The van der Waals surface area contributed by atoms with E-state index in [0.717, 1.165) is 6.42 Å². The normalized spacial score (nSPS) is 51.5. The number of Topliss-reactive ketones (excluding diaryl/α,β-unsaturated/α-hetero) is 1. The zero-order valence-corrected chi connectivity index (χ0v) is 17.5. The molecule has 11 unspecified atom stereocenters. The van der Waals surface area contributed by atoms with Gasteiger partial charge in [-0.1, -0.05) is 13.8 Å². The average molecular weight is 448 g/mol. The van der Waals surface area contributed by atoms with Gasteiger partial charge in [-0.05, 0) is 24.2 Å². The Morgan fingerprint density at radius 1 is 1.06 bits per heavy atom. The van der Waals surface area contributed by atoms with Crippen molar-refractivity contribution in [1.82, 2.24) is 0 Å². The summed E-state index contributed by atoms with van der Waals surface area (Å²) >= 11 is 0. The van der Waals surface area contributed by atoms with Crippen molar-refractivity contribution < 1.29 is 54.4 Å². The van der Waals surface area contributed by atoms with Crippen LogP contribution in [-0.2, 0) is 23.7 Å². The van der Waals surface area contributed by atoms with Crippen LogP contribution in [-0.4, -0.2) is 111 Å². The van der Waals surface area contributed by atoms with Gasteiger partial charge in [0.25, 0.3) is 0 Å². The summed E-state index contributed by atoms with van der Waals surface area (Å²) in [6.45, 7) is 2.66. The molecule has 2 aliphatic heterocycles. The molecule has 5 aliphatic rings. The number of fused-ring (bicyclic) bond motifs is 2. The van der Waals surface area contributed by atoms with Crippen molar-refractivity contribution in [3.05, 3.63) is 0 Å². The zero-order valence-electron chi connectivity index (χ0n) is 17.5. The minimum Gasteiger partial charge on any atom is -0.393 e. The maximum Gasteiger partial charge on any atom is 0.187 e. The molecule has 0 aromatic rings. The third-order valence-corrected chi connectivity index (χ3v) is 7.60. The lowest BCUT2D eigenvalue weighted by Gasteiger charge is -2.57. The summed E-state index contributed by atoms with van der Waals surface area (Å²) in [5.41, 5.74) is -1.94. The Kier molecular flexibility index (Phi) is 6.23. The van der Waals surface area contributed by atoms with Crippen molar-refractivity contribution in [1.29, 1.82) is 0 Å². The number of rotatable bonds is 6. The first-order chi connectivity index (χ1) is 14.5. The van der Waals surface area contributed by atoms with Crippen LogP contribution >= 0.6 is 0 Å². The molecule has 11 atom stereocenters. The van der Waals surface area contributed by atoms with Crippen molar-refractivity contribution in [2.45, 2.75) is 81.5 Å². The molecule has 3 saturated carbocycles. The molecule has 11 heteroatoms. The number of aliphatic hydroxyl groups excluding tert-OH is 5. The summed E-state index contributed by atoms with van der Waals surface area (Å²) in [7, 11) is 0. The maximum atomic E-state index is 12.7. The molecule has 3 aliphatic carbocycles. The molecule has 0 amide bonds. The summed E-state index contributed by atoms with van der Waals surface area (Å²) in [6, 6.07) is 0. The van der Waals surface area contributed by atoms with Crippen LogP contribution in [0.15, 0.2) is 0 Å². The van der Waals surface area contributed by atoms with Crippen LogP contribution in [0.3, 0.4) is 0 Å². The summed E-state index contributed by atoms with van der Waals surface area (Å²) < 4.78 is 21.9. The Balaban J connectivity index is 1.36. The van der Waals surface area contributed by atoms with Gasteiger partial charge in [0.1, 0.15) is 42.2 Å². The highest BCUT2D eigenvalue weighted by Gasteiger charge is 2.59. The standard InChI is InChI=1S/C20H32O11/c1-19(2)8-3-9(19)12(22)10(4-8)30-17-15(25)14(24)13(23)11(31-17)5-28-18-16(26)20(27,6-21)7-29-18/h8-11,13-18,21,23-27H,3-7H2,1-2H3. The fourth-order valence-electron chi connectivity index (χ4n) is 5.07. The highest BCUT2D eigenvalue weighted by atomic mass is 16.7. The summed E-state index contributed by atoms with van der Waals surface area (Å²) in [6.07, 6.45) is -9.49. The van der Waals surface area contributed by atoms with Crippen LogP contribution in [0.25, 0.3) is 0 Å². The molecule has 11 nitrogen and oxygen atoms in total. The van der Waals surface area contributed by atoms with E-state index in [9.17, 15) is 35.4 Å². The maximum absolute atomic E-state index is 12.7. The molecule has 178 valence electrons. The molecule has 2 heterocycles. The summed E-state index contributed by atoms with van der Waals surface area (Å²) in [4.78, 5) is 12.7. The molecule has 31 heavy (non-hydrogen) atoms. The number of ketones is 1. The second kappa shape index (κ2) is 8.24. The van der Waals surface area contributed by atoms with Gasteiger partial charge in [-0.2, -0.15) is 0 Å². The van der Waals surface area contributed by atoms with Gasteiger partial charge in [-0.3, -0.25) is 4.79 Å². The van der Waals surface area contributed by atoms with E-state index in [1.807, 2.05) is 0 Å². The van der Waals surface area contributed by atoms with Crippen molar-refractivity contribution >= 4 is 5.78 Å². The topological polar surface area (TPSA) is 175 Å². The fourth-order valence-corrected chi connectivity index (χ4v) is 5.07. The first kappa shape index (κ1) is 23.4. The van der Waals surface area contributed by atoms with Crippen molar-refractivity contribution in [2.75, 3.05) is 19.8 Å². The van der Waals surface area contributed by atoms with Gasteiger partial charge < -0.3 is 49.6 Å². The van der Waals surface area contributed by atoms with Crippen LogP contribution in [0, 0.1) is 17.3 Å². The van der Waals surface area contributed by atoms with Crippen molar-refractivity contribution in [3.63, 3.8) is 0 Å². The monoisotopic (exact) mass is 448 g/mol. The predicted molar refractivity (Wildman–Crippen MR) is 100 cm³/mol. The van der Waals surface area contributed by atoms with Gasteiger partial charge in [0, 0.05) is 5.92 Å². The summed E-state index contributed by atoms with van der Waals surface area (Å²) in [5, 5.41) is 60.0. The zero-order chi connectivity index (χ0) is 22.7. The number of ether oxygens (including phenoxy) is 4. The fraction of sp³-hybridized carbons (Fsp3) is 0.950. The molecule has 2 saturated heterocycles. The molecule has 0 aromatic heterocycles. The molecule has 5 rings (SSSR count). The van der Waals surface area contributed by atoms with E-state index in [1.54, 1.807) is 0 Å². The van der Waals surface area contributed by atoms with Gasteiger partial charge in [-0.25, -0.2) is 0 Å². The quantitative estimate of drug-likeness (QED) is 0.249. The van der Waals surface area contributed by atoms with Crippen LogP contribution in [0.2, 0.25) is 0 Å². The van der Waals surface area contributed by atoms with Gasteiger partial charge in [0.2, 0.25) is 0 Å². The highest BCUT2D eigenvalue weighted by Crippen LogP contribution is 2.58. The molecule has 5 fully saturated rings. The van der Waals surface area contributed by atoms with Gasteiger partial charge >= 0.3 is 0 Å². The van der Waals surface area contributed by atoms with E-state index in [1.165, 1.54) is 0 Å². The largest absolute Gasteiger partial charge is 0.393 e. The Morgan fingerprint density at radius 3 is 2.35 bits per heavy atom. The van der Waals surface area contributed by atoms with Gasteiger partial charge in [-0.15, -0.1) is 0 Å². The van der Waals surface area contributed by atoms with E-state index >= 15 is 0 Å². The highest BCUT2D eigenvalue weighted by molar-refractivity contribution is 5.88. The van der Waals surface area contributed by atoms with E-state index < -0.39 is 61.4 Å². The Hall–Kier alpha value is -0.730.